The minimum atomic E-state index is -0.348. The van der Waals surface area contributed by atoms with Gasteiger partial charge in [-0.25, -0.2) is 14.8 Å². The van der Waals surface area contributed by atoms with Crippen molar-refractivity contribution in [3.8, 4) is 0 Å². The van der Waals surface area contributed by atoms with Crippen molar-refractivity contribution in [3.63, 3.8) is 0 Å². The molecule has 136 valence electrons. The topological polar surface area (TPSA) is 84.4 Å². The van der Waals surface area contributed by atoms with Gasteiger partial charge in [-0.05, 0) is 50.5 Å². The molecule has 2 heterocycles. The summed E-state index contributed by atoms with van der Waals surface area (Å²) in [5.74, 6) is 0.117. The SMILES string of the molecule is CCOC(=O)c1ccc(Nc2cnc(C(=O)N3CCCCC3)cn2)cc1. The summed E-state index contributed by atoms with van der Waals surface area (Å²) in [5.41, 5.74) is 1.61. The smallest absolute Gasteiger partial charge is 0.338 e. The van der Waals surface area contributed by atoms with Crippen molar-refractivity contribution in [2.45, 2.75) is 26.2 Å². The third-order valence-electron chi connectivity index (χ3n) is 4.18. The molecule has 26 heavy (non-hydrogen) atoms. The highest BCUT2D eigenvalue weighted by atomic mass is 16.5. The predicted octanol–water partition coefficient (Wildman–Crippen LogP) is 3.02. The molecular formula is C19H22N4O3. The fraction of sp³-hybridized carbons (Fsp3) is 0.368. The van der Waals surface area contributed by atoms with Crippen LogP contribution in [0.5, 0.6) is 0 Å². The van der Waals surface area contributed by atoms with Crippen molar-refractivity contribution >= 4 is 23.4 Å². The van der Waals surface area contributed by atoms with Crippen LogP contribution in [0.1, 0.15) is 47.0 Å². The second kappa shape index (κ2) is 8.42. The maximum Gasteiger partial charge on any atom is 0.338 e. The Bertz CT molecular complexity index is 753. The van der Waals surface area contributed by atoms with Crippen molar-refractivity contribution in [1.82, 2.24) is 14.9 Å². The number of ether oxygens (including phenoxy) is 1. The molecule has 0 unspecified atom stereocenters. The summed E-state index contributed by atoms with van der Waals surface area (Å²) in [5, 5.41) is 3.10. The maximum atomic E-state index is 12.4. The van der Waals surface area contributed by atoms with Crippen LogP contribution in [-0.2, 0) is 4.74 Å². The van der Waals surface area contributed by atoms with Gasteiger partial charge in [0.15, 0.2) is 0 Å². The van der Waals surface area contributed by atoms with Crippen LogP contribution in [0.2, 0.25) is 0 Å². The van der Waals surface area contributed by atoms with Crippen LogP contribution in [-0.4, -0.2) is 46.4 Å². The predicted molar refractivity (Wildman–Crippen MR) is 97.5 cm³/mol. The number of piperidine rings is 1. The number of aromatic nitrogens is 2. The fourth-order valence-corrected chi connectivity index (χ4v) is 2.81. The van der Waals surface area contributed by atoms with Crippen LogP contribution >= 0.6 is 0 Å². The molecule has 0 atom stereocenters. The molecule has 1 aromatic carbocycles. The lowest BCUT2D eigenvalue weighted by Gasteiger charge is -2.26. The van der Waals surface area contributed by atoms with E-state index < -0.39 is 0 Å². The van der Waals surface area contributed by atoms with Crippen LogP contribution in [0.3, 0.4) is 0 Å². The van der Waals surface area contributed by atoms with E-state index in [-0.39, 0.29) is 11.9 Å². The third kappa shape index (κ3) is 4.36. The van der Waals surface area contributed by atoms with E-state index in [1.54, 1.807) is 31.2 Å². The number of anilines is 2. The first-order chi connectivity index (χ1) is 12.7. The van der Waals surface area contributed by atoms with Gasteiger partial charge in [0.2, 0.25) is 0 Å². The Kier molecular flexibility index (Phi) is 5.78. The monoisotopic (exact) mass is 354 g/mol. The summed E-state index contributed by atoms with van der Waals surface area (Å²) in [6, 6.07) is 6.89. The molecule has 7 heteroatoms. The Morgan fingerprint density at radius 3 is 2.42 bits per heavy atom. The molecule has 3 rings (SSSR count). The van der Waals surface area contributed by atoms with Gasteiger partial charge in [-0.3, -0.25) is 4.79 Å². The number of esters is 1. The van der Waals surface area contributed by atoms with Crippen molar-refractivity contribution in [2.75, 3.05) is 25.0 Å². The molecule has 2 aromatic rings. The Hall–Kier alpha value is -2.96. The number of benzene rings is 1. The zero-order valence-electron chi connectivity index (χ0n) is 14.8. The number of hydrogen-bond donors (Lipinski definition) is 1. The molecule has 1 fully saturated rings. The zero-order chi connectivity index (χ0) is 18.4. The standard InChI is InChI=1S/C19H22N4O3/c1-2-26-19(25)14-6-8-15(9-7-14)22-17-13-20-16(12-21-17)18(24)23-10-4-3-5-11-23/h6-9,12-13H,2-5,10-11H2,1H3,(H,21,22). The second-order valence-corrected chi connectivity index (χ2v) is 6.06. The van der Waals surface area contributed by atoms with Gasteiger partial charge >= 0.3 is 5.97 Å². The molecule has 0 radical (unpaired) electrons. The zero-order valence-corrected chi connectivity index (χ0v) is 14.8. The summed E-state index contributed by atoms with van der Waals surface area (Å²) in [6.45, 7) is 3.68. The maximum absolute atomic E-state index is 12.4. The van der Waals surface area contributed by atoms with Crippen molar-refractivity contribution in [1.29, 1.82) is 0 Å². The first kappa shape index (κ1) is 17.8. The molecule has 1 aliphatic heterocycles. The summed E-state index contributed by atoms with van der Waals surface area (Å²) in [6.07, 6.45) is 6.29. The Labute approximate surface area is 152 Å². The molecule has 0 saturated carbocycles. The molecule has 0 aliphatic carbocycles. The minimum Gasteiger partial charge on any atom is -0.462 e. The molecule has 1 aromatic heterocycles. The van der Waals surface area contributed by atoms with Crippen LogP contribution in [0.25, 0.3) is 0 Å². The van der Waals surface area contributed by atoms with Crippen molar-refractivity contribution in [3.05, 3.63) is 47.9 Å². The molecule has 1 aliphatic rings. The van der Waals surface area contributed by atoms with E-state index in [0.717, 1.165) is 31.6 Å². The lowest BCUT2D eigenvalue weighted by molar-refractivity contribution is 0.0526. The van der Waals surface area contributed by atoms with E-state index in [1.807, 2.05) is 4.90 Å². The summed E-state index contributed by atoms with van der Waals surface area (Å²) in [7, 11) is 0. The summed E-state index contributed by atoms with van der Waals surface area (Å²) < 4.78 is 4.95. The van der Waals surface area contributed by atoms with E-state index in [2.05, 4.69) is 15.3 Å². The first-order valence-electron chi connectivity index (χ1n) is 8.83. The average molecular weight is 354 g/mol. The van der Waals surface area contributed by atoms with Crippen LogP contribution in [0, 0.1) is 0 Å². The second-order valence-electron chi connectivity index (χ2n) is 6.06. The van der Waals surface area contributed by atoms with Gasteiger partial charge in [0.1, 0.15) is 11.5 Å². The first-order valence-corrected chi connectivity index (χ1v) is 8.83. The molecule has 1 saturated heterocycles. The lowest BCUT2D eigenvalue weighted by atomic mass is 10.1. The largest absolute Gasteiger partial charge is 0.462 e. The fourth-order valence-electron chi connectivity index (χ4n) is 2.81. The highest BCUT2D eigenvalue weighted by Crippen LogP contribution is 2.16. The number of carbonyl (C=O) groups excluding carboxylic acids is 2. The minimum absolute atomic E-state index is 0.0671. The molecule has 0 bridgehead atoms. The Morgan fingerprint density at radius 2 is 1.81 bits per heavy atom. The number of hydrogen-bond acceptors (Lipinski definition) is 6. The van der Waals surface area contributed by atoms with Gasteiger partial charge in [-0.15, -0.1) is 0 Å². The molecular weight excluding hydrogens is 332 g/mol. The van der Waals surface area contributed by atoms with Gasteiger partial charge in [0.25, 0.3) is 5.91 Å². The van der Waals surface area contributed by atoms with E-state index in [4.69, 9.17) is 4.74 Å². The number of nitrogens with one attached hydrogen (secondary N) is 1. The van der Waals surface area contributed by atoms with Crippen LogP contribution in [0.15, 0.2) is 36.7 Å². The normalized spacial score (nSPS) is 14.0. The highest BCUT2D eigenvalue weighted by molar-refractivity contribution is 5.92. The lowest BCUT2D eigenvalue weighted by Crippen LogP contribution is -2.36. The molecule has 1 N–H and O–H groups in total. The van der Waals surface area contributed by atoms with Gasteiger partial charge in [0, 0.05) is 18.8 Å². The van der Waals surface area contributed by atoms with Gasteiger partial charge in [-0.2, -0.15) is 0 Å². The quantitative estimate of drug-likeness (QED) is 0.831. The Balaban J connectivity index is 1.62. The summed E-state index contributed by atoms with van der Waals surface area (Å²) >= 11 is 0. The van der Waals surface area contributed by atoms with Gasteiger partial charge < -0.3 is 15.0 Å². The number of likely N-dealkylation sites (tertiary alicyclic amines) is 1. The van der Waals surface area contributed by atoms with Gasteiger partial charge in [0.05, 0.1) is 24.6 Å². The number of carbonyl (C=O) groups is 2. The average Bonchev–Trinajstić information content (AvgIpc) is 2.69. The molecule has 0 spiro atoms. The van der Waals surface area contributed by atoms with E-state index >= 15 is 0 Å². The van der Waals surface area contributed by atoms with Gasteiger partial charge in [-0.1, -0.05) is 0 Å². The van der Waals surface area contributed by atoms with E-state index in [1.165, 1.54) is 18.8 Å². The van der Waals surface area contributed by atoms with Crippen molar-refractivity contribution < 1.29 is 14.3 Å². The Morgan fingerprint density at radius 1 is 1.08 bits per heavy atom. The van der Waals surface area contributed by atoms with Crippen LogP contribution < -0.4 is 5.32 Å². The summed E-state index contributed by atoms with van der Waals surface area (Å²) in [4.78, 5) is 34.4. The van der Waals surface area contributed by atoms with E-state index in [9.17, 15) is 9.59 Å². The van der Waals surface area contributed by atoms with E-state index in [0.29, 0.717) is 23.7 Å². The molecule has 1 amide bonds. The number of amides is 1. The number of rotatable bonds is 5. The molecule has 7 nitrogen and oxygen atoms in total. The number of nitrogens with zero attached hydrogens (tertiary/aromatic N) is 3. The third-order valence-corrected chi connectivity index (χ3v) is 4.18. The van der Waals surface area contributed by atoms with Crippen molar-refractivity contribution in [2.24, 2.45) is 0 Å². The van der Waals surface area contributed by atoms with Crippen LogP contribution in [0.4, 0.5) is 11.5 Å². The highest BCUT2D eigenvalue weighted by Gasteiger charge is 2.19.